The van der Waals surface area contributed by atoms with Crippen molar-refractivity contribution in [2.24, 2.45) is 5.92 Å². The summed E-state index contributed by atoms with van der Waals surface area (Å²) in [5.74, 6) is -0.357. The quantitative estimate of drug-likeness (QED) is 0.296. The first-order valence-corrected chi connectivity index (χ1v) is 11.5. The molecule has 3 heteroatoms. The minimum absolute atomic E-state index is 0.00125. The van der Waals surface area contributed by atoms with Gasteiger partial charge in [0.1, 0.15) is 0 Å². The van der Waals surface area contributed by atoms with Gasteiger partial charge in [-0.2, -0.15) is 4.39 Å². The minimum Gasteiger partial charge on any atom is -0.490 e. The molecule has 0 aromatic heterocycles. The SMILES string of the molecule is C/C=C\CC1CCC(c2ccc(-c3ccc(OCCCCC)c(F)c3F)cc2)CC1. The smallest absolute Gasteiger partial charge is 0.201 e. The Hall–Kier alpha value is -2.16. The lowest BCUT2D eigenvalue weighted by Gasteiger charge is -2.28. The van der Waals surface area contributed by atoms with Crippen molar-refractivity contribution >= 4 is 0 Å². The molecule has 1 fully saturated rings. The van der Waals surface area contributed by atoms with Crippen molar-refractivity contribution < 1.29 is 13.5 Å². The molecule has 30 heavy (non-hydrogen) atoms. The highest BCUT2D eigenvalue weighted by Crippen LogP contribution is 2.38. The molecule has 0 heterocycles. The van der Waals surface area contributed by atoms with Gasteiger partial charge < -0.3 is 4.74 Å². The molecule has 3 rings (SSSR count). The van der Waals surface area contributed by atoms with Gasteiger partial charge in [-0.25, -0.2) is 4.39 Å². The van der Waals surface area contributed by atoms with Crippen molar-refractivity contribution in [3.05, 3.63) is 65.7 Å². The molecule has 1 nitrogen and oxygen atoms in total. The number of halogens is 2. The fourth-order valence-corrected chi connectivity index (χ4v) is 4.40. The van der Waals surface area contributed by atoms with Crippen LogP contribution in [0.3, 0.4) is 0 Å². The zero-order valence-corrected chi connectivity index (χ0v) is 18.3. The van der Waals surface area contributed by atoms with E-state index < -0.39 is 11.6 Å². The normalized spacial score (nSPS) is 19.3. The van der Waals surface area contributed by atoms with Gasteiger partial charge in [0.15, 0.2) is 11.6 Å². The zero-order valence-electron chi connectivity index (χ0n) is 18.3. The molecule has 0 aliphatic heterocycles. The largest absolute Gasteiger partial charge is 0.490 e. The van der Waals surface area contributed by atoms with Gasteiger partial charge in [0, 0.05) is 5.56 Å². The Kier molecular flexibility index (Phi) is 8.48. The van der Waals surface area contributed by atoms with Gasteiger partial charge in [0.25, 0.3) is 0 Å². The summed E-state index contributed by atoms with van der Waals surface area (Å²) in [6, 6.07) is 11.2. The van der Waals surface area contributed by atoms with E-state index in [9.17, 15) is 8.78 Å². The van der Waals surface area contributed by atoms with Crippen molar-refractivity contribution in [2.45, 2.75) is 71.1 Å². The highest BCUT2D eigenvalue weighted by Gasteiger charge is 2.22. The van der Waals surface area contributed by atoms with Crippen LogP contribution in [0.1, 0.15) is 76.7 Å². The highest BCUT2D eigenvalue weighted by molar-refractivity contribution is 5.65. The van der Waals surface area contributed by atoms with Gasteiger partial charge >= 0.3 is 0 Å². The summed E-state index contributed by atoms with van der Waals surface area (Å²) >= 11 is 0. The van der Waals surface area contributed by atoms with Crippen molar-refractivity contribution in [1.29, 1.82) is 0 Å². The van der Waals surface area contributed by atoms with Crippen molar-refractivity contribution in [3.63, 3.8) is 0 Å². The molecule has 0 N–H and O–H groups in total. The molecule has 0 amide bonds. The van der Waals surface area contributed by atoms with Crippen LogP contribution in [0.15, 0.2) is 48.6 Å². The van der Waals surface area contributed by atoms with E-state index in [4.69, 9.17) is 4.74 Å². The predicted molar refractivity (Wildman–Crippen MR) is 121 cm³/mol. The number of hydrogen-bond acceptors (Lipinski definition) is 1. The summed E-state index contributed by atoms with van der Waals surface area (Å²) in [6.07, 6.45) is 13.4. The fourth-order valence-electron chi connectivity index (χ4n) is 4.40. The third-order valence-electron chi connectivity index (χ3n) is 6.30. The third-order valence-corrected chi connectivity index (χ3v) is 6.30. The molecule has 1 saturated carbocycles. The number of unbranched alkanes of at least 4 members (excludes halogenated alkanes) is 2. The van der Waals surface area contributed by atoms with Crippen LogP contribution in [0.5, 0.6) is 5.75 Å². The van der Waals surface area contributed by atoms with Crippen LogP contribution in [-0.4, -0.2) is 6.61 Å². The number of allylic oxidation sites excluding steroid dienone is 2. The predicted octanol–water partition coefficient (Wildman–Crippen LogP) is 8.44. The van der Waals surface area contributed by atoms with Crippen LogP contribution >= 0.6 is 0 Å². The van der Waals surface area contributed by atoms with E-state index in [0.29, 0.717) is 18.1 Å². The number of ether oxygens (including phenoxy) is 1. The van der Waals surface area contributed by atoms with E-state index in [1.165, 1.54) is 37.7 Å². The summed E-state index contributed by atoms with van der Waals surface area (Å²) in [5, 5.41) is 0. The molecule has 2 aromatic rings. The number of hydrogen-bond donors (Lipinski definition) is 0. The number of benzene rings is 2. The van der Waals surface area contributed by atoms with Crippen LogP contribution in [0.2, 0.25) is 0 Å². The zero-order chi connectivity index (χ0) is 21.3. The maximum Gasteiger partial charge on any atom is 0.201 e. The third kappa shape index (κ3) is 5.71. The minimum atomic E-state index is -0.896. The monoisotopic (exact) mass is 412 g/mol. The average molecular weight is 413 g/mol. The molecule has 0 atom stereocenters. The van der Waals surface area contributed by atoms with Crippen LogP contribution in [0, 0.1) is 17.6 Å². The highest BCUT2D eigenvalue weighted by atomic mass is 19.2. The summed E-state index contributed by atoms with van der Waals surface area (Å²) in [6.45, 7) is 4.59. The molecule has 1 aliphatic carbocycles. The molecular formula is C27H34F2O. The van der Waals surface area contributed by atoms with E-state index in [2.05, 4.69) is 38.1 Å². The topological polar surface area (TPSA) is 9.23 Å². The molecule has 0 unspecified atom stereocenters. The Balaban J connectivity index is 1.64. The molecule has 0 radical (unpaired) electrons. The second kappa shape index (κ2) is 11.3. The molecule has 2 aromatic carbocycles. The first-order valence-electron chi connectivity index (χ1n) is 11.5. The maximum absolute atomic E-state index is 14.7. The summed E-state index contributed by atoms with van der Waals surface area (Å²) in [5.41, 5.74) is 2.30. The molecule has 1 aliphatic rings. The fraction of sp³-hybridized carbons (Fsp3) is 0.481. The standard InChI is InChI=1S/C27H34F2O/c1-3-5-7-19-30-25-18-17-24(26(28)27(25)29)23-15-13-22(14-16-23)21-11-9-20(10-12-21)8-6-4-2/h4,6,13-18,20-21H,3,5,7-12,19H2,1-2H3/b6-4-. The van der Waals surface area contributed by atoms with E-state index in [0.717, 1.165) is 25.2 Å². The van der Waals surface area contributed by atoms with Crippen molar-refractivity contribution in [3.8, 4) is 16.9 Å². The molecule has 0 bridgehead atoms. The first kappa shape index (κ1) is 22.5. The van der Waals surface area contributed by atoms with Crippen LogP contribution in [-0.2, 0) is 0 Å². The summed E-state index contributed by atoms with van der Waals surface area (Å²) in [4.78, 5) is 0. The lowest BCUT2D eigenvalue weighted by atomic mass is 9.77. The number of rotatable bonds is 9. The average Bonchev–Trinajstić information content (AvgIpc) is 2.78. The Morgan fingerprint density at radius 1 is 0.933 bits per heavy atom. The van der Waals surface area contributed by atoms with E-state index in [1.54, 1.807) is 12.1 Å². The second-order valence-electron chi connectivity index (χ2n) is 8.44. The van der Waals surface area contributed by atoms with Gasteiger partial charge in [0.05, 0.1) is 6.61 Å². The van der Waals surface area contributed by atoms with Crippen molar-refractivity contribution in [1.82, 2.24) is 0 Å². The lowest BCUT2D eigenvalue weighted by molar-refractivity contribution is 0.286. The van der Waals surface area contributed by atoms with E-state index in [1.807, 2.05) is 12.1 Å². The maximum atomic E-state index is 14.7. The molecule has 0 spiro atoms. The first-order chi connectivity index (χ1) is 14.6. The Bertz CT molecular complexity index is 818. The molecular weight excluding hydrogens is 378 g/mol. The van der Waals surface area contributed by atoms with Crippen molar-refractivity contribution in [2.75, 3.05) is 6.61 Å². The summed E-state index contributed by atoms with van der Waals surface area (Å²) in [7, 11) is 0. The van der Waals surface area contributed by atoms with Crippen LogP contribution < -0.4 is 4.74 Å². The summed E-state index contributed by atoms with van der Waals surface area (Å²) < 4.78 is 34.5. The van der Waals surface area contributed by atoms with Crippen LogP contribution in [0.25, 0.3) is 11.1 Å². The van der Waals surface area contributed by atoms with Crippen LogP contribution in [0.4, 0.5) is 8.78 Å². The Morgan fingerprint density at radius 2 is 1.67 bits per heavy atom. The van der Waals surface area contributed by atoms with E-state index in [-0.39, 0.29) is 11.3 Å². The Labute approximate surface area is 180 Å². The van der Waals surface area contributed by atoms with Gasteiger partial charge in [-0.05, 0) is 80.5 Å². The van der Waals surface area contributed by atoms with E-state index >= 15 is 0 Å². The van der Waals surface area contributed by atoms with Gasteiger partial charge in [-0.3, -0.25) is 0 Å². The molecule has 162 valence electrons. The second-order valence-corrected chi connectivity index (χ2v) is 8.44. The van der Waals surface area contributed by atoms with Gasteiger partial charge in [-0.1, -0.05) is 56.2 Å². The lowest BCUT2D eigenvalue weighted by Crippen LogP contribution is -2.12. The molecule has 0 saturated heterocycles. The van der Waals surface area contributed by atoms with Gasteiger partial charge in [-0.15, -0.1) is 0 Å². The van der Waals surface area contributed by atoms with Gasteiger partial charge in [0.2, 0.25) is 5.82 Å². The Morgan fingerprint density at radius 3 is 2.33 bits per heavy atom.